The molecule has 2 N–H and O–H groups in total. The third-order valence-electron chi connectivity index (χ3n) is 4.80. The number of morpholine rings is 1. The molecule has 1 aromatic carbocycles. The topological polar surface area (TPSA) is 48.9 Å². The quantitative estimate of drug-likeness (QED) is 0.629. The lowest BCUT2D eigenvalue weighted by Crippen LogP contribution is -2.51. The molecule has 2 fully saturated rings. The zero-order valence-corrected chi connectivity index (χ0v) is 15.1. The lowest BCUT2D eigenvalue weighted by atomic mass is 10.1. The van der Waals surface area contributed by atoms with Gasteiger partial charge in [-0.1, -0.05) is 23.7 Å². The number of ether oxygens (including phenoxy) is 1. The van der Waals surface area contributed by atoms with E-state index in [1.54, 1.807) is 7.05 Å². The first kappa shape index (κ1) is 17.5. The molecule has 2 aliphatic heterocycles. The molecule has 0 spiro atoms. The molecule has 6 heteroatoms. The summed E-state index contributed by atoms with van der Waals surface area (Å²) in [6.45, 7) is 4.75. The van der Waals surface area contributed by atoms with Crippen LogP contribution >= 0.6 is 11.6 Å². The molecule has 0 aliphatic carbocycles. The van der Waals surface area contributed by atoms with Gasteiger partial charge in [-0.3, -0.25) is 9.89 Å². The largest absolute Gasteiger partial charge is 0.373 e. The minimum atomic E-state index is 0.245. The monoisotopic (exact) mass is 350 g/mol. The number of hydrogen-bond donors (Lipinski definition) is 2. The fourth-order valence-corrected chi connectivity index (χ4v) is 3.54. The van der Waals surface area contributed by atoms with Crippen molar-refractivity contribution in [2.75, 3.05) is 39.8 Å². The molecule has 2 aliphatic rings. The van der Waals surface area contributed by atoms with Crippen LogP contribution in [0.3, 0.4) is 0 Å². The zero-order valence-electron chi connectivity index (χ0n) is 14.3. The van der Waals surface area contributed by atoms with Crippen LogP contribution < -0.4 is 10.6 Å². The van der Waals surface area contributed by atoms with E-state index in [4.69, 9.17) is 16.3 Å². The maximum atomic E-state index is 5.97. The Hall–Kier alpha value is -1.30. The number of guanidine groups is 1. The summed E-state index contributed by atoms with van der Waals surface area (Å²) in [5.74, 6) is 0.830. The maximum absolute atomic E-state index is 5.97. The first-order valence-corrected chi connectivity index (χ1v) is 9.17. The summed E-state index contributed by atoms with van der Waals surface area (Å²) in [7, 11) is 1.80. The van der Waals surface area contributed by atoms with E-state index >= 15 is 0 Å². The van der Waals surface area contributed by atoms with Crippen LogP contribution in [-0.4, -0.2) is 62.8 Å². The van der Waals surface area contributed by atoms with Gasteiger partial charge in [-0.05, 0) is 43.5 Å². The Morgan fingerprint density at radius 2 is 2.17 bits per heavy atom. The predicted octanol–water partition coefficient (Wildman–Crippen LogP) is 1.91. The molecule has 0 saturated carbocycles. The third-order valence-corrected chi connectivity index (χ3v) is 5.05. The fourth-order valence-electron chi connectivity index (χ4n) is 3.42. The molecule has 1 aromatic rings. The Labute approximate surface area is 149 Å². The van der Waals surface area contributed by atoms with E-state index in [1.807, 2.05) is 12.1 Å². The van der Waals surface area contributed by atoms with Gasteiger partial charge in [-0.2, -0.15) is 0 Å². The van der Waals surface area contributed by atoms with E-state index in [9.17, 15) is 0 Å². The van der Waals surface area contributed by atoms with Gasteiger partial charge < -0.3 is 15.4 Å². The van der Waals surface area contributed by atoms with Gasteiger partial charge in [0.15, 0.2) is 5.96 Å². The number of nitrogens with zero attached hydrogens (tertiary/aromatic N) is 2. The highest BCUT2D eigenvalue weighted by atomic mass is 35.5. The summed E-state index contributed by atoms with van der Waals surface area (Å²) in [5.41, 5.74) is 1.26. The van der Waals surface area contributed by atoms with E-state index in [0.29, 0.717) is 6.04 Å². The molecule has 24 heavy (non-hydrogen) atoms. The third kappa shape index (κ3) is 4.85. The van der Waals surface area contributed by atoms with Crippen LogP contribution in [0, 0.1) is 0 Å². The van der Waals surface area contributed by atoms with Crippen LogP contribution in [-0.2, 0) is 11.2 Å². The summed E-state index contributed by atoms with van der Waals surface area (Å²) in [4.78, 5) is 6.85. The Bertz CT molecular complexity index is 548. The van der Waals surface area contributed by atoms with Gasteiger partial charge in [0, 0.05) is 37.7 Å². The standard InChI is InChI=1S/C18H27ClN4O/c1-20-18(21-9-8-14-4-6-15(19)7-5-14)22-11-17-12-23-10-2-3-16(23)13-24-17/h4-7,16-17H,2-3,8-13H2,1H3,(H2,20,21,22). The van der Waals surface area contributed by atoms with E-state index in [0.717, 1.165) is 43.6 Å². The fraction of sp³-hybridized carbons (Fsp3) is 0.611. The lowest BCUT2D eigenvalue weighted by Gasteiger charge is -2.35. The number of nitrogens with one attached hydrogen (secondary N) is 2. The van der Waals surface area contributed by atoms with Gasteiger partial charge in [0.2, 0.25) is 0 Å². The number of halogens is 1. The number of aliphatic imine (C=N–C) groups is 1. The van der Waals surface area contributed by atoms with Crippen molar-refractivity contribution in [1.29, 1.82) is 0 Å². The maximum Gasteiger partial charge on any atom is 0.191 e. The molecule has 0 radical (unpaired) electrons. The van der Waals surface area contributed by atoms with Crippen molar-refractivity contribution >= 4 is 17.6 Å². The average Bonchev–Trinajstić information content (AvgIpc) is 3.07. The number of fused-ring (bicyclic) bond motifs is 1. The van der Waals surface area contributed by atoms with Crippen molar-refractivity contribution in [2.45, 2.75) is 31.4 Å². The normalized spacial score (nSPS) is 24.7. The highest BCUT2D eigenvalue weighted by Gasteiger charge is 2.32. The second-order valence-electron chi connectivity index (χ2n) is 6.50. The van der Waals surface area contributed by atoms with Crippen LogP contribution in [0.15, 0.2) is 29.3 Å². The molecular formula is C18H27ClN4O. The lowest BCUT2D eigenvalue weighted by molar-refractivity contribution is -0.0453. The summed E-state index contributed by atoms with van der Waals surface area (Å²) < 4.78 is 5.97. The minimum absolute atomic E-state index is 0.245. The molecule has 2 unspecified atom stereocenters. The van der Waals surface area contributed by atoms with Gasteiger partial charge in [0.1, 0.15) is 0 Å². The molecule has 2 heterocycles. The van der Waals surface area contributed by atoms with Gasteiger partial charge in [-0.15, -0.1) is 0 Å². The molecule has 2 atom stereocenters. The van der Waals surface area contributed by atoms with Crippen LogP contribution in [0.25, 0.3) is 0 Å². The number of hydrogen-bond acceptors (Lipinski definition) is 3. The summed E-state index contributed by atoms with van der Waals surface area (Å²) in [5, 5.41) is 7.51. The van der Waals surface area contributed by atoms with Crippen LogP contribution in [0.1, 0.15) is 18.4 Å². The van der Waals surface area contributed by atoms with Crippen molar-refractivity contribution < 1.29 is 4.74 Å². The first-order chi connectivity index (χ1) is 11.7. The van der Waals surface area contributed by atoms with Gasteiger partial charge in [-0.25, -0.2) is 0 Å². The van der Waals surface area contributed by atoms with Gasteiger partial charge in [0.05, 0.1) is 12.7 Å². The van der Waals surface area contributed by atoms with Gasteiger partial charge in [0.25, 0.3) is 0 Å². The van der Waals surface area contributed by atoms with Crippen molar-refractivity contribution in [3.8, 4) is 0 Å². The summed E-state index contributed by atoms with van der Waals surface area (Å²) in [6, 6.07) is 8.62. The molecular weight excluding hydrogens is 324 g/mol. The smallest absolute Gasteiger partial charge is 0.191 e. The molecule has 5 nitrogen and oxygen atoms in total. The van der Waals surface area contributed by atoms with E-state index in [1.165, 1.54) is 24.9 Å². The number of rotatable bonds is 5. The zero-order chi connectivity index (χ0) is 16.8. The average molecular weight is 351 g/mol. The number of benzene rings is 1. The Morgan fingerprint density at radius 3 is 2.96 bits per heavy atom. The van der Waals surface area contributed by atoms with Crippen LogP contribution in [0.2, 0.25) is 5.02 Å². The van der Waals surface area contributed by atoms with E-state index in [2.05, 4.69) is 32.7 Å². The predicted molar refractivity (Wildman–Crippen MR) is 98.9 cm³/mol. The van der Waals surface area contributed by atoms with Crippen molar-refractivity contribution in [2.24, 2.45) is 4.99 Å². The molecule has 0 amide bonds. The highest BCUT2D eigenvalue weighted by molar-refractivity contribution is 6.30. The second-order valence-corrected chi connectivity index (χ2v) is 6.94. The highest BCUT2D eigenvalue weighted by Crippen LogP contribution is 2.22. The van der Waals surface area contributed by atoms with Crippen molar-refractivity contribution in [3.05, 3.63) is 34.9 Å². The van der Waals surface area contributed by atoms with Crippen molar-refractivity contribution in [1.82, 2.24) is 15.5 Å². The van der Waals surface area contributed by atoms with Crippen LogP contribution in [0.4, 0.5) is 0 Å². The van der Waals surface area contributed by atoms with E-state index in [-0.39, 0.29) is 6.10 Å². The Morgan fingerprint density at radius 1 is 1.33 bits per heavy atom. The van der Waals surface area contributed by atoms with Crippen molar-refractivity contribution in [3.63, 3.8) is 0 Å². The Kier molecular flexibility index (Phi) is 6.35. The second kappa shape index (κ2) is 8.70. The summed E-state index contributed by atoms with van der Waals surface area (Å²) >= 11 is 5.91. The molecule has 0 aromatic heterocycles. The van der Waals surface area contributed by atoms with Crippen LogP contribution in [0.5, 0.6) is 0 Å². The minimum Gasteiger partial charge on any atom is -0.373 e. The first-order valence-electron chi connectivity index (χ1n) is 8.79. The van der Waals surface area contributed by atoms with E-state index < -0.39 is 0 Å². The van der Waals surface area contributed by atoms with Gasteiger partial charge >= 0.3 is 0 Å². The SMILES string of the molecule is CN=C(NCCc1ccc(Cl)cc1)NCC1CN2CCCC2CO1. The molecule has 0 bridgehead atoms. The summed E-state index contributed by atoms with van der Waals surface area (Å²) in [6.07, 6.45) is 3.78. The molecule has 132 valence electrons. The Balaban J connectivity index is 1.36. The molecule has 3 rings (SSSR count). The molecule has 2 saturated heterocycles.